The van der Waals surface area contributed by atoms with E-state index in [-0.39, 0.29) is 23.8 Å². The smallest absolute Gasteiger partial charge is 0.251 e. The predicted molar refractivity (Wildman–Crippen MR) is 92.1 cm³/mol. The highest BCUT2D eigenvalue weighted by Crippen LogP contribution is 2.15. The Morgan fingerprint density at radius 1 is 1.25 bits per heavy atom. The first-order valence-electron chi connectivity index (χ1n) is 7.22. The van der Waals surface area contributed by atoms with Crippen LogP contribution in [0.25, 0.3) is 0 Å². The van der Waals surface area contributed by atoms with Gasteiger partial charge in [0.25, 0.3) is 5.91 Å². The number of aryl methyl sites for hydroxylation is 1. The second-order valence-electron chi connectivity index (χ2n) is 5.04. The monoisotopic (exact) mass is 363 g/mol. The Kier molecular flexibility index (Phi) is 6.09. The molecule has 24 heavy (non-hydrogen) atoms. The SMILES string of the molecule is Cc1ccsc1CNC(=O)c1ccc(S(=O)(=O)NCCC#N)cc1. The van der Waals surface area contributed by atoms with Crippen LogP contribution >= 0.6 is 11.3 Å². The minimum atomic E-state index is -3.66. The largest absolute Gasteiger partial charge is 0.347 e. The lowest BCUT2D eigenvalue weighted by Crippen LogP contribution is -2.25. The number of carbonyl (C=O) groups is 1. The molecule has 8 heteroatoms. The van der Waals surface area contributed by atoms with Crippen molar-refractivity contribution in [1.29, 1.82) is 5.26 Å². The van der Waals surface area contributed by atoms with E-state index in [9.17, 15) is 13.2 Å². The molecule has 2 rings (SSSR count). The average molecular weight is 363 g/mol. The van der Waals surface area contributed by atoms with Crippen LogP contribution in [0.1, 0.15) is 27.2 Å². The van der Waals surface area contributed by atoms with Gasteiger partial charge in [-0.3, -0.25) is 4.79 Å². The number of nitrogens with one attached hydrogen (secondary N) is 2. The molecule has 1 amide bonds. The molecule has 2 aromatic rings. The van der Waals surface area contributed by atoms with Crippen molar-refractivity contribution in [2.75, 3.05) is 6.54 Å². The van der Waals surface area contributed by atoms with Crippen molar-refractivity contribution in [1.82, 2.24) is 10.0 Å². The highest BCUT2D eigenvalue weighted by atomic mass is 32.2. The van der Waals surface area contributed by atoms with Crippen molar-refractivity contribution in [2.45, 2.75) is 24.8 Å². The fourth-order valence-corrected chi connectivity index (χ4v) is 3.84. The number of nitriles is 1. The van der Waals surface area contributed by atoms with E-state index in [1.54, 1.807) is 11.3 Å². The van der Waals surface area contributed by atoms with Gasteiger partial charge in [0.2, 0.25) is 10.0 Å². The molecular formula is C16H17N3O3S2. The molecule has 1 aromatic carbocycles. The molecule has 6 nitrogen and oxygen atoms in total. The lowest BCUT2D eigenvalue weighted by atomic mass is 10.2. The van der Waals surface area contributed by atoms with Crippen molar-refractivity contribution >= 4 is 27.3 Å². The molecule has 0 fully saturated rings. The van der Waals surface area contributed by atoms with Crippen molar-refractivity contribution in [3.63, 3.8) is 0 Å². The van der Waals surface area contributed by atoms with Gasteiger partial charge in [-0.25, -0.2) is 13.1 Å². The van der Waals surface area contributed by atoms with Crippen molar-refractivity contribution in [3.8, 4) is 6.07 Å². The molecule has 0 unspecified atom stereocenters. The van der Waals surface area contributed by atoms with Crippen LogP contribution in [0.2, 0.25) is 0 Å². The summed E-state index contributed by atoms with van der Waals surface area (Å²) in [6.07, 6.45) is 0.0991. The number of sulfonamides is 1. The third-order valence-electron chi connectivity index (χ3n) is 3.33. The zero-order valence-corrected chi connectivity index (χ0v) is 14.7. The molecule has 0 bridgehead atoms. The minimum absolute atomic E-state index is 0.0568. The Morgan fingerprint density at radius 2 is 1.96 bits per heavy atom. The average Bonchev–Trinajstić information content (AvgIpc) is 2.98. The van der Waals surface area contributed by atoms with Gasteiger partial charge in [0.15, 0.2) is 0 Å². The van der Waals surface area contributed by atoms with E-state index in [2.05, 4.69) is 10.0 Å². The van der Waals surface area contributed by atoms with Gasteiger partial charge in [0, 0.05) is 23.4 Å². The van der Waals surface area contributed by atoms with Crippen LogP contribution in [0.3, 0.4) is 0 Å². The summed E-state index contributed by atoms with van der Waals surface area (Å²) in [5, 5.41) is 13.2. The standard InChI is InChI=1S/C16H17N3O3S2/c1-12-7-10-23-15(12)11-18-16(20)13-3-5-14(6-4-13)24(21,22)19-9-2-8-17/h3-7,10,19H,2,9,11H2,1H3,(H,18,20). The summed E-state index contributed by atoms with van der Waals surface area (Å²) in [5.41, 5.74) is 1.52. The van der Waals surface area contributed by atoms with Crippen LogP contribution in [-0.2, 0) is 16.6 Å². The number of benzene rings is 1. The van der Waals surface area contributed by atoms with Crippen molar-refractivity contribution in [3.05, 3.63) is 51.7 Å². The summed E-state index contributed by atoms with van der Waals surface area (Å²) >= 11 is 1.58. The van der Waals surface area contributed by atoms with E-state index >= 15 is 0 Å². The molecule has 0 aliphatic rings. The van der Waals surface area contributed by atoms with Gasteiger partial charge in [-0.05, 0) is 48.2 Å². The zero-order valence-electron chi connectivity index (χ0n) is 13.1. The minimum Gasteiger partial charge on any atom is -0.347 e. The molecule has 1 aromatic heterocycles. The lowest BCUT2D eigenvalue weighted by molar-refractivity contribution is 0.0951. The molecule has 1 heterocycles. The van der Waals surface area contributed by atoms with E-state index in [4.69, 9.17) is 5.26 Å². The second-order valence-corrected chi connectivity index (χ2v) is 7.81. The molecule has 0 aliphatic heterocycles. The number of thiophene rings is 1. The van der Waals surface area contributed by atoms with Crippen LogP contribution in [0.15, 0.2) is 40.6 Å². The molecular weight excluding hydrogens is 346 g/mol. The van der Waals surface area contributed by atoms with Crippen molar-refractivity contribution in [2.24, 2.45) is 0 Å². The fraction of sp³-hybridized carbons (Fsp3) is 0.250. The topological polar surface area (TPSA) is 99.1 Å². The van der Waals surface area contributed by atoms with E-state index in [0.717, 1.165) is 10.4 Å². The summed E-state index contributed by atoms with van der Waals surface area (Å²) in [6.45, 7) is 2.48. The number of hydrogen-bond donors (Lipinski definition) is 2. The number of hydrogen-bond acceptors (Lipinski definition) is 5. The lowest BCUT2D eigenvalue weighted by Gasteiger charge is -2.07. The first-order chi connectivity index (χ1) is 11.4. The normalized spacial score (nSPS) is 11.0. The zero-order chi connectivity index (χ0) is 17.6. The Morgan fingerprint density at radius 3 is 2.54 bits per heavy atom. The van der Waals surface area contributed by atoms with Gasteiger partial charge in [0.1, 0.15) is 0 Å². The predicted octanol–water partition coefficient (Wildman–Crippen LogP) is 2.18. The molecule has 2 N–H and O–H groups in total. The fourth-order valence-electron chi connectivity index (χ4n) is 1.96. The highest BCUT2D eigenvalue weighted by Gasteiger charge is 2.14. The molecule has 0 radical (unpaired) electrons. The van der Waals surface area contributed by atoms with Crippen LogP contribution in [0, 0.1) is 18.3 Å². The van der Waals surface area contributed by atoms with Gasteiger partial charge in [-0.15, -0.1) is 11.3 Å². The van der Waals surface area contributed by atoms with E-state index in [1.165, 1.54) is 24.3 Å². The van der Waals surface area contributed by atoms with Crippen LogP contribution < -0.4 is 10.0 Å². The van der Waals surface area contributed by atoms with E-state index in [0.29, 0.717) is 12.1 Å². The maximum atomic E-state index is 12.1. The molecule has 0 spiro atoms. The molecule has 126 valence electrons. The first kappa shape index (κ1) is 18.1. The third kappa shape index (κ3) is 4.64. The maximum Gasteiger partial charge on any atom is 0.251 e. The summed E-state index contributed by atoms with van der Waals surface area (Å²) < 4.78 is 26.3. The number of rotatable bonds is 7. The van der Waals surface area contributed by atoms with Crippen LogP contribution in [-0.4, -0.2) is 20.9 Å². The Balaban J connectivity index is 1.99. The Labute approximate surface area is 145 Å². The third-order valence-corrected chi connectivity index (χ3v) is 5.83. The summed E-state index contributed by atoms with van der Waals surface area (Å²) in [5.74, 6) is -0.260. The van der Waals surface area contributed by atoms with Crippen LogP contribution in [0.4, 0.5) is 0 Å². The van der Waals surface area contributed by atoms with Gasteiger partial charge in [-0.2, -0.15) is 5.26 Å². The quantitative estimate of drug-likeness (QED) is 0.737. The molecule has 0 atom stereocenters. The van der Waals surface area contributed by atoms with Gasteiger partial charge in [-0.1, -0.05) is 0 Å². The van der Waals surface area contributed by atoms with Gasteiger partial charge in [0.05, 0.1) is 17.5 Å². The Hall–Kier alpha value is -2.21. The number of carbonyl (C=O) groups excluding carboxylic acids is 1. The summed E-state index contributed by atoms with van der Waals surface area (Å²) in [6, 6.07) is 9.54. The maximum absolute atomic E-state index is 12.1. The molecule has 0 saturated carbocycles. The number of amides is 1. The van der Waals surface area contributed by atoms with Gasteiger partial charge >= 0.3 is 0 Å². The highest BCUT2D eigenvalue weighted by molar-refractivity contribution is 7.89. The Bertz CT molecular complexity index is 849. The van der Waals surface area contributed by atoms with E-state index < -0.39 is 10.0 Å². The number of nitrogens with zero attached hydrogens (tertiary/aromatic N) is 1. The van der Waals surface area contributed by atoms with E-state index in [1.807, 2.05) is 24.4 Å². The summed E-state index contributed by atoms with van der Waals surface area (Å²) in [4.78, 5) is 13.3. The van der Waals surface area contributed by atoms with Gasteiger partial charge < -0.3 is 5.32 Å². The second kappa shape index (κ2) is 8.06. The van der Waals surface area contributed by atoms with Crippen LogP contribution in [0.5, 0.6) is 0 Å². The summed E-state index contributed by atoms with van der Waals surface area (Å²) in [7, 11) is -3.66. The molecule has 0 aliphatic carbocycles. The van der Waals surface area contributed by atoms with Crippen molar-refractivity contribution < 1.29 is 13.2 Å². The molecule has 0 saturated heterocycles. The first-order valence-corrected chi connectivity index (χ1v) is 9.58.